The molecule has 3 aromatic rings. The second-order valence-electron chi connectivity index (χ2n) is 6.31. The Morgan fingerprint density at radius 3 is 2.73 bits per heavy atom. The van der Waals surface area contributed by atoms with Crippen LogP contribution in [0.25, 0.3) is 11.0 Å². The molecule has 1 amide bonds. The molecule has 6 heteroatoms. The van der Waals surface area contributed by atoms with Crippen molar-refractivity contribution in [3.63, 3.8) is 0 Å². The lowest BCUT2D eigenvalue weighted by atomic mass is 10.2. The molecule has 2 aromatic carbocycles. The smallest absolute Gasteiger partial charge is 0.242 e. The van der Waals surface area contributed by atoms with E-state index in [1.54, 1.807) is 13.3 Å². The van der Waals surface area contributed by atoms with Gasteiger partial charge in [0.2, 0.25) is 5.91 Å². The number of fused-ring (bicyclic) bond motifs is 1. The zero-order chi connectivity index (χ0) is 17.9. The number of ether oxygens (including phenoxy) is 1. The highest BCUT2D eigenvalue weighted by Gasteiger charge is 2.25. The van der Waals surface area contributed by atoms with Gasteiger partial charge in [-0.1, -0.05) is 24.3 Å². The number of rotatable bonds is 4. The monoisotopic (exact) mass is 348 g/mol. The zero-order valence-corrected chi connectivity index (χ0v) is 14.6. The van der Waals surface area contributed by atoms with E-state index in [0.29, 0.717) is 19.6 Å². The van der Waals surface area contributed by atoms with Gasteiger partial charge in [-0.25, -0.2) is 4.98 Å². The number of carbonyl (C=O) groups is 1. The molecule has 1 aromatic heterocycles. The highest BCUT2D eigenvalue weighted by molar-refractivity contribution is 5.83. The molecule has 0 saturated carbocycles. The van der Waals surface area contributed by atoms with Crippen LogP contribution in [0.3, 0.4) is 0 Å². The van der Waals surface area contributed by atoms with E-state index in [2.05, 4.69) is 9.97 Å². The van der Waals surface area contributed by atoms with Crippen molar-refractivity contribution in [1.29, 1.82) is 0 Å². The van der Waals surface area contributed by atoms with Crippen molar-refractivity contribution >= 4 is 22.8 Å². The van der Waals surface area contributed by atoms with Crippen LogP contribution in [0.5, 0.6) is 5.75 Å². The third-order valence-corrected chi connectivity index (χ3v) is 4.59. The Hall–Kier alpha value is -3.15. The van der Waals surface area contributed by atoms with Crippen molar-refractivity contribution in [1.82, 2.24) is 14.9 Å². The van der Waals surface area contributed by atoms with Gasteiger partial charge in [0, 0.05) is 19.6 Å². The summed E-state index contributed by atoms with van der Waals surface area (Å²) < 4.78 is 5.25. The van der Waals surface area contributed by atoms with Crippen molar-refractivity contribution in [3.05, 3.63) is 60.3 Å². The number of hydrogen-bond donors (Lipinski definition) is 0. The summed E-state index contributed by atoms with van der Waals surface area (Å²) in [5, 5.41) is 0. The molecule has 6 nitrogen and oxygen atoms in total. The third kappa shape index (κ3) is 3.31. The number of nitrogens with zero attached hydrogens (tertiary/aromatic N) is 4. The number of benzene rings is 2. The van der Waals surface area contributed by atoms with Gasteiger partial charge in [0.25, 0.3) is 0 Å². The second kappa shape index (κ2) is 7.00. The normalized spacial score (nSPS) is 14.7. The van der Waals surface area contributed by atoms with Gasteiger partial charge in [0.15, 0.2) is 0 Å². The molecule has 4 rings (SSSR count). The van der Waals surface area contributed by atoms with Crippen LogP contribution in [0.1, 0.15) is 5.56 Å². The molecule has 1 saturated heterocycles. The molecular formula is C20H20N4O2. The number of aromatic nitrogens is 2. The first-order chi connectivity index (χ1) is 12.7. The fraction of sp³-hybridized carbons (Fsp3) is 0.250. The highest BCUT2D eigenvalue weighted by atomic mass is 16.5. The summed E-state index contributed by atoms with van der Waals surface area (Å²) in [5.74, 6) is 1.65. The number of hydrogen-bond acceptors (Lipinski definition) is 5. The number of methoxy groups -OCH3 is 1. The van der Waals surface area contributed by atoms with Crippen LogP contribution in [0.4, 0.5) is 5.82 Å². The van der Waals surface area contributed by atoms with Crippen molar-refractivity contribution in [2.24, 2.45) is 0 Å². The minimum absolute atomic E-state index is 0.0917. The average molecular weight is 348 g/mol. The minimum Gasteiger partial charge on any atom is -0.497 e. The second-order valence-corrected chi connectivity index (χ2v) is 6.31. The summed E-state index contributed by atoms with van der Waals surface area (Å²) in [7, 11) is 1.65. The van der Waals surface area contributed by atoms with Crippen molar-refractivity contribution < 1.29 is 9.53 Å². The topological polar surface area (TPSA) is 58.6 Å². The lowest BCUT2D eigenvalue weighted by Crippen LogP contribution is -2.50. The zero-order valence-electron chi connectivity index (χ0n) is 14.6. The van der Waals surface area contributed by atoms with Crippen molar-refractivity contribution in [3.8, 4) is 5.75 Å². The quantitative estimate of drug-likeness (QED) is 0.725. The van der Waals surface area contributed by atoms with Crippen molar-refractivity contribution in [2.75, 3.05) is 31.6 Å². The van der Waals surface area contributed by atoms with E-state index in [0.717, 1.165) is 34.7 Å². The Balaban J connectivity index is 1.46. The standard InChI is InChI=1S/C20H20N4O2/c1-26-16-6-4-5-15(11-16)13-24-10-9-23(14-20(24)25)19-12-21-17-7-2-3-8-18(17)22-19/h2-8,11-12H,9-10,13-14H2,1H3. The molecule has 0 N–H and O–H groups in total. The van der Waals surface area contributed by atoms with E-state index in [9.17, 15) is 4.79 Å². The van der Waals surface area contributed by atoms with Crippen LogP contribution in [-0.4, -0.2) is 47.5 Å². The van der Waals surface area contributed by atoms with Crippen LogP contribution in [0.2, 0.25) is 0 Å². The van der Waals surface area contributed by atoms with Gasteiger partial charge in [0.05, 0.1) is 30.9 Å². The SMILES string of the molecule is COc1cccc(CN2CCN(c3cnc4ccccc4n3)CC2=O)c1. The molecule has 132 valence electrons. The van der Waals surface area contributed by atoms with Gasteiger partial charge in [-0.2, -0.15) is 0 Å². The maximum atomic E-state index is 12.6. The fourth-order valence-corrected chi connectivity index (χ4v) is 3.16. The predicted molar refractivity (Wildman–Crippen MR) is 100 cm³/mol. The summed E-state index contributed by atoms with van der Waals surface area (Å²) in [6, 6.07) is 15.6. The van der Waals surface area contributed by atoms with E-state index in [-0.39, 0.29) is 5.91 Å². The minimum atomic E-state index is 0.0917. The molecule has 1 aliphatic rings. The molecule has 1 aliphatic heterocycles. The van der Waals surface area contributed by atoms with Crippen LogP contribution in [0, 0.1) is 0 Å². The molecule has 0 spiro atoms. The number of carbonyl (C=O) groups excluding carboxylic acids is 1. The number of amides is 1. The molecule has 0 radical (unpaired) electrons. The third-order valence-electron chi connectivity index (χ3n) is 4.59. The maximum absolute atomic E-state index is 12.6. The van der Waals surface area contributed by atoms with E-state index in [4.69, 9.17) is 4.74 Å². The van der Waals surface area contributed by atoms with E-state index in [1.807, 2.05) is 58.3 Å². The van der Waals surface area contributed by atoms with Crippen LogP contribution < -0.4 is 9.64 Å². The summed E-state index contributed by atoms with van der Waals surface area (Å²) in [4.78, 5) is 25.6. The first-order valence-electron chi connectivity index (χ1n) is 8.60. The average Bonchev–Trinajstić information content (AvgIpc) is 2.69. The predicted octanol–water partition coefficient (Wildman–Crippen LogP) is 2.49. The van der Waals surface area contributed by atoms with Crippen molar-refractivity contribution in [2.45, 2.75) is 6.54 Å². The molecule has 2 heterocycles. The van der Waals surface area contributed by atoms with E-state index < -0.39 is 0 Å². The Morgan fingerprint density at radius 1 is 1.08 bits per heavy atom. The van der Waals surface area contributed by atoms with Gasteiger partial charge < -0.3 is 14.5 Å². The van der Waals surface area contributed by atoms with Gasteiger partial charge >= 0.3 is 0 Å². The Labute approximate surface area is 152 Å². The molecule has 26 heavy (non-hydrogen) atoms. The lowest BCUT2D eigenvalue weighted by Gasteiger charge is -2.35. The van der Waals surface area contributed by atoms with Gasteiger partial charge in [-0.3, -0.25) is 9.78 Å². The van der Waals surface area contributed by atoms with Crippen LogP contribution in [-0.2, 0) is 11.3 Å². The number of para-hydroxylation sites is 2. The highest BCUT2D eigenvalue weighted by Crippen LogP contribution is 2.19. The van der Waals surface area contributed by atoms with Gasteiger partial charge in [-0.05, 0) is 29.8 Å². The summed E-state index contributed by atoms with van der Waals surface area (Å²) in [6.45, 7) is 2.30. The lowest BCUT2D eigenvalue weighted by molar-refractivity contribution is -0.131. The largest absolute Gasteiger partial charge is 0.497 e. The number of anilines is 1. The molecule has 0 unspecified atom stereocenters. The van der Waals surface area contributed by atoms with E-state index in [1.165, 1.54) is 0 Å². The Kier molecular flexibility index (Phi) is 4.39. The first kappa shape index (κ1) is 16.3. The molecule has 1 fully saturated rings. The summed E-state index contributed by atoms with van der Waals surface area (Å²) in [6.07, 6.45) is 1.74. The number of piperazine rings is 1. The van der Waals surface area contributed by atoms with Crippen LogP contribution in [0.15, 0.2) is 54.7 Å². The Bertz CT molecular complexity index is 944. The molecule has 0 aliphatic carbocycles. The van der Waals surface area contributed by atoms with E-state index >= 15 is 0 Å². The van der Waals surface area contributed by atoms with Gasteiger partial charge in [-0.15, -0.1) is 0 Å². The first-order valence-corrected chi connectivity index (χ1v) is 8.60. The molecule has 0 bridgehead atoms. The summed E-state index contributed by atoms with van der Waals surface area (Å²) >= 11 is 0. The van der Waals surface area contributed by atoms with Crippen LogP contribution >= 0.6 is 0 Å². The maximum Gasteiger partial charge on any atom is 0.242 e. The molecule has 0 atom stereocenters. The van der Waals surface area contributed by atoms with Gasteiger partial charge in [0.1, 0.15) is 11.6 Å². The fourth-order valence-electron chi connectivity index (χ4n) is 3.16. The molecular weight excluding hydrogens is 328 g/mol. The summed E-state index contributed by atoms with van der Waals surface area (Å²) in [5.41, 5.74) is 2.77. The Morgan fingerprint density at radius 2 is 1.92 bits per heavy atom.